The number of nitrogens with one attached hydrogen (secondary N) is 1. The van der Waals surface area contributed by atoms with Crippen LogP contribution in [0.3, 0.4) is 0 Å². The third-order valence-electron chi connectivity index (χ3n) is 2.60. The maximum atomic E-state index is 5.84. The van der Waals surface area contributed by atoms with Gasteiger partial charge in [-0.2, -0.15) is 0 Å². The molecule has 0 aliphatic heterocycles. The van der Waals surface area contributed by atoms with Gasteiger partial charge in [-0.25, -0.2) is 0 Å². The molecule has 3 heteroatoms. The zero-order valence-corrected chi connectivity index (χ0v) is 11.4. The van der Waals surface area contributed by atoms with Crippen LogP contribution < -0.4 is 5.32 Å². The first-order valence-corrected chi connectivity index (χ1v) is 6.94. The summed E-state index contributed by atoms with van der Waals surface area (Å²) in [7, 11) is 0. The fourth-order valence-corrected chi connectivity index (χ4v) is 2.66. The first kappa shape index (κ1) is 12.6. The number of rotatable bonds is 5. The van der Waals surface area contributed by atoms with Gasteiger partial charge in [0.25, 0.3) is 0 Å². The van der Waals surface area contributed by atoms with E-state index in [1.165, 1.54) is 15.3 Å². The standard InChI is InChI=1S/C14H16ClNS/c1-11-2-7-14(17-11)10-16-9-8-12-3-5-13(15)6-4-12/h2-7,16H,8-10H2,1H3. The number of thiophene rings is 1. The first-order chi connectivity index (χ1) is 8.24. The van der Waals surface area contributed by atoms with Crippen molar-refractivity contribution in [1.82, 2.24) is 5.32 Å². The Bertz CT molecular complexity index is 461. The van der Waals surface area contributed by atoms with Crippen LogP contribution in [0.25, 0.3) is 0 Å². The van der Waals surface area contributed by atoms with Crippen molar-refractivity contribution in [3.8, 4) is 0 Å². The predicted molar refractivity (Wildman–Crippen MR) is 75.9 cm³/mol. The third-order valence-corrected chi connectivity index (χ3v) is 3.85. The van der Waals surface area contributed by atoms with Crippen LogP contribution in [-0.2, 0) is 13.0 Å². The summed E-state index contributed by atoms with van der Waals surface area (Å²) in [5.41, 5.74) is 1.32. The van der Waals surface area contributed by atoms with Crippen LogP contribution in [0.15, 0.2) is 36.4 Å². The van der Waals surface area contributed by atoms with Crippen LogP contribution in [0.5, 0.6) is 0 Å². The Morgan fingerprint density at radius 1 is 1.12 bits per heavy atom. The minimum atomic E-state index is 0.802. The van der Waals surface area contributed by atoms with E-state index in [2.05, 4.69) is 36.5 Å². The molecule has 2 rings (SSSR count). The molecule has 0 aliphatic rings. The average Bonchev–Trinajstić information content (AvgIpc) is 2.73. The molecule has 17 heavy (non-hydrogen) atoms. The smallest absolute Gasteiger partial charge is 0.0406 e. The van der Waals surface area contributed by atoms with Crippen LogP contribution >= 0.6 is 22.9 Å². The molecule has 0 saturated carbocycles. The summed E-state index contributed by atoms with van der Waals surface area (Å²) < 4.78 is 0. The molecule has 2 aromatic rings. The molecular formula is C14H16ClNS. The zero-order chi connectivity index (χ0) is 12.1. The predicted octanol–water partition coefficient (Wildman–Crippen LogP) is 4.04. The molecule has 1 nitrogen and oxygen atoms in total. The lowest BCUT2D eigenvalue weighted by atomic mass is 10.1. The van der Waals surface area contributed by atoms with Gasteiger partial charge in [0.1, 0.15) is 0 Å². The van der Waals surface area contributed by atoms with Gasteiger partial charge in [-0.15, -0.1) is 11.3 Å². The van der Waals surface area contributed by atoms with E-state index in [1.54, 1.807) is 0 Å². The second-order valence-electron chi connectivity index (χ2n) is 4.07. The first-order valence-electron chi connectivity index (χ1n) is 5.74. The van der Waals surface area contributed by atoms with Crippen molar-refractivity contribution in [2.45, 2.75) is 19.9 Å². The summed E-state index contributed by atoms with van der Waals surface area (Å²) in [4.78, 5) is 2.78. The molecule has 0 aliphatic carbocycles. The Kier molecular flexibility index (Phi) is 4.60. The van der Waals surface area contributed by atoms with Gasteiger partial charge in [0.15, 0.2) is 0 Å². The zero-order valence-electron chi connectivity index (χ0n) is 9.87. The van der Waals surface area contributed by atoms with E-state index < -0.39 is 0 Å². The van der Waals surface area contributed by atoms with Crippen molar-refractivity contribution in [3.63, 3.8) is 0 Å². The Morgan fingerprint density at radius 3 is 2.53 bits per heavy atom. The van der Waals surface area contributed by atoms with E-state index in [1.807, 2.05) is 23.5 Å². The molecule has 1 N–H and O–H groups in total. The minimum absolute atomic E-state index is 0.802. The number of hydrogen-bond donors (Lipinski definition) is 1. The van der Waals surface area contributed by atoms with Crippen LogP contribution in [0.1, 0.15) is 15.3 Å². The van der Waals surface area contributed by atoms with Gasteiger partial charge in [0.2, 0.25) is 0 Å². The summed E-state index contributed by atoms with van der Waals surface area (Å²) in [6, 6.07) is 12.4. The van der Waals surface area contributed by atoms with Gasteiger partial charge in [-0.3, -0.25) is 0 Å². The molecule has 90 valence electrons. The monoisotopic (exact) mass is 265 g/mol. The molecule has 1 aromatic heterocycles. The molecule has 0 radical (unpaired) electrons. The van der Waals surface area contributed by atoms with Crippen LogP contribution in [0, 0.1) is 6.92 Å². The number of halogens is 1. The molecule has 0 saturated heterocycles. The molecule has 0 atom stereocenters. The van der Waals surface area contributed by atoms with E-state index in [0.717, 1.165) is 24.5 Å². The highest BCUT2D eigenvalue weighted by Gasteiger charge is 1.97. The summed E-state index contributed by atoms with van der Waals surface area (Å²) in [5, 5.41) is 4.26. The van der Waals surface area contributed by atoms with Gasteiger partial charge in [-0.05, 0) is 49.7 Å². The number of benzene rings is 1. The normalized spacial score (nSPS) is 10.7. The highest BCUT2D eigenvalue weighted by molar-refractivity contribution is 7.11. The Balaban J connectivity index is 1.71. The van der Waals surface area contributed by atoms with Crippen LogP contribution in [-0.4, -0.2) is 6.54 Å². The lowest BCUT2D eigenvalue weighted by Gasteiger charge is -2.03. The van der Waals surface area contributed by atoms with E-state index in [-0.39, 0.29) is 0 Å². The van der Waals surface area contributed by atoms with Crippen molar-refractivity contribution in [3.05, 3.63) is 56.7 Å². The second kappa shape index (κ2) is 6.20. The Labute approximate surface area is 111 Å². The highest BCUT2D eigenvalue weighted by Crippen LogP contribution is 2.14. The summed E-state index contributed by atoms with van der Waals surface area (Å²) in [6.45, 7) is 4.10. The molecule has 0 spiro atoms. The fourth-order valence-electron chi connectivity index (χ4n) is 1.68. The molecule has 0 fully saturated rings. The maximum Gasteiger partial charge on any atom is 0.0406 e. The van der Waals surface area contributed by atoms with Crippen LogP contribution in [0.2, 0.25) is 5.02 Å². The molecule has 1 aromatic carbocycles. The SMILES string of the molecule is Cc1ccc(CNCCc2ccc(Cl)cc2)s1. The van der Waals surface area contributed by atoms with E-state index in [4.69, 9.17) is 11.6 Å². The molecule has 0 unspecified atom stereocenters. The molecular weight excluding hydrogens is 250 g/mol. The van der Waals surface area contributed by atoms with E-state index in [9.17, 15) is 0 Å². The van der Waals surface area contributed by atoms with Gasteiger partial charge < -0.3 is 5.32 Å². The van der Waals surface area contributed by atoms with Gasteiger partial charge in [0.05, 0.1) is 0 Å². The number of hydrogen-bond acceptors (Lipinski definition) is 2. The van der Waals surface area contributed by atoms with Crippen molar-refractivity contribution in [1.29, 1.82) is 0 Å². The molecule has 1 heterocycles. The van der Waals surface area contributed by atoms with Crippen molar-refractivity contribution in [2.24, 2.45) is 0 Å². The quantitative estimate of drug-likeness (QED) is 0.805. The van der Waals surface area contributed by atoms with E-state index in [0.29, 0.717) is 0 Å². The third kappa shape index (κ3) is 4.15. The summed E-state index contributed by atoms with van der Waals surface area (Å²) >= 11 is 7.70. The summed E-state index contributed by atoms with van der Waals surface area (Å²) in [5.74, 6) is 0. The van der Waals surface area contributed by atoms with E-state index >= 15 is 0 Å². The van der Waals surface area contributed by atoms with Crippen molar-refractivity contribution < 1.29 is 0 Å². The number of aryl methyl sites for hydroxylation is 1. The largest absolute Gasteiger partial charge is 0.312 e. The Morgan fingerprint density at radius 2 is 1.88 bits per heavy atom. The lowest BCUT2D eigenvalue weighted by molar-refractivity contribution is 0.693. The average molecular weight is 266 g/mol. The summed E-state index contributed by atoms with van der Waals surface area (Å²) in [6.07, 6.45) is 1.04. The van der Waals surface area contributed by atoms with Crippen molar-refractivity contribution >= 4 is 22.9 Å². The van der Waals surface area contributed by atoms with Crippen LogP contribution in [0.4, 0.5) is 0 Å². The van der Waals surface area contributed by atoms with Crippen molar-refractivity contribution in [2.75, 3.05) is 6.54 Å². The fraction of sp³-hybridized carbons (Fsp3) is 0.286. The van der Waals surface area contributed by atoms with Gasteiger partial charge >= 0.3 is 0 Å². The topological polar surface area (TPSA) is 12.0 Å². The maximum absolute atomic E-state index is 5.84. The van der Waals surface area contributed by atoms with Gasteiger partial charge in [-0.1, -0.05) is 23.7 Å². The molecule has 0 bridgehead atoms. The second-order valence-corrected chi connectivity index (χ2v) is 5.87. The highest BCUT2D eigenvalue weighted by atomic mass is 35.5. The Hall–Kier alpha value is -0.830. The lowest BCUT2D eigenvalue weighted by Crippen LogP contribution is -2.15. The minimum Gasteiger partial charge on any atom is -0.312 e. The van der Waals surface area contributed by atoms with Gasteiger partial charge in [0, 0.05) is 21.3 Å². The molecule has 0 amide bonds.